The highest BCUT2D eigenvalue weighted by Gasteiger charge is 2.35. The molecular weight excluding hydrogens is 280 g/mol. The van der Waals surface area contributed by atoms with E-state index in [1.54, 1.807) is 27.2 Å². The van der Waals surface area contributed by atoms with Crippen LogP contribution in [0.4, 0.5) is 0 Å². The molecule has 0 fully saturated rings. The van der Waals surface area contributed by atoms with Crippen molar-refractivity contribution in [3.8, 4) is 18.1 Å². The van der Waals surface area contributed by atoms with Crippen molar-refractivity contribution >= 4 is 16.9 Å². The quantitative estimate of drug-likeness (QED) is 0.677. The number of methoxy groups -OCH3 is 1. The zero-order valence-corrected chi connectivity index (χ0v) is 13.0. The normalized spacial score (nSPS) is 13.6. The first-order valence-corrected chi connectivity index (χ1v) is 7.01. The van der Waals surface area contributed by atoms with E-state index < -0.39 is 11.5 Å². The molecule has 0 aliphatic rings. The van der Waals surface area contributed by atoms with Crippen molar-refractivity contribution in [2.75, 3.05) is 7.11 Å². The van der Waals surface area contributed by atoms with Gasteiger partial charge in [0.15, 0.2) is 5.54 Å². The van der Waals surface area contributed by atoms with Crippen LogP contribution in [0.1, 0.15) is 13.8 Å². The van der Waals surface area contributed by atoms with Gasteiger partial charge >= 0.3 is 5.97 Å². The van der Waals surface area contributed by atoms with Crippen LogP contribution in [0.15, 0.2) is 30.5 Å². The van der Waals surface area contributed by atoms with E-state index in [1.165, 1.54) is 0 Å². The molecule has 5 nitrogen and oxygen atoms in total. The number of rotatable bonds is 5. The molecule has 2 rings (SSSR count). The van der Waals surface area contributed by atoms with E-state index in [0.29, 0.717) is 5.75 Å². The van der Waals surface area contributed by atoms with E-state index in [2.05, 4.69) is 5.92 Å². The van der Waals surface area contributed by atoms with Gasteiger partial charge in [0.2, 0.25) is 0 Å². The Kier molecular flexibility index (Phi) is 4.43. The number of carbonyl (C=O) groups is 1. The SMILES string of the molecule is C#CC(N)(Cn1cc(OC)c2ccccc21)C(=O)OC(C)C. The fourth-order valence-corrected chi connectivity index (χ4v) is 2.26. The average Bonchev–Trinajstić information content (AvgIpc) is 2.84. The maximum atomic E-state index is 12.2. The van der Waals surface area contributed by atoms with Crippen LogP contribution in [0.2, 0.25) is 0 Å². The molecule has 0 saturated heterocycles. The van der Waals surface area contributed by atoms with E-state index in [9.17, 15) is 4.79 Å². The second-order valence-electron chi connectivity index (χ2n) is 5.41. The van der Waals surface area contributed by atoms with E-state index in [1.807, 2.05) is 28.8 Å². The van der Waals surface area contributed by atoms with Crippen molar-refractivity contribution in [2.24, 2.45) is 5.73 Å². The first kappa shape index (κ1) is 15.9. The van der Waals surface area contributed by atoms with Crippen LogP contribution in [-0.2, 0) is 16.1 Å². The number of esters is 1. The molecule has 0 aliphatic heterocycles. The van der Waals surface area contributed by atoms with Gasteiger partial charge in [-0.2, -0.15) is 0 Å². The summed E-state index contributed by atoms with van der Waals surface area (Å²) >= 11 is 0. The number of terminal acetylenes is 1. The minimum Gasteiger partial charge on any atom is -0.495 e. The van der Waals surface area contributed by atoms with Crippen molar-refractivity contribution < 1.29 is 14.3 Å². The molecule has 0 saturated carbocycles. The van der Waals surface area contributed by atoms with Crippen LogP contribution in [0, 0.1) is 12.3 Å². The number of fused-ring (bicyclic) bond motifs is 1. The van der Waals surface area contributed by atoms with Crippen molar-refractivity contribution in [3.63, 3.8) is 0 Å². The summed E-state index contributed by atoms with van der Waals surface area (Å²) in [4.78, 5) is 12.2. The second-order valence-corrected chi connectivity index (χ2v) is 5.41. The van der Waals surface area contributed by atoms with Gasteiger partial charge in [-0.1, -0.05) is 18.1 Å². The summed E-state index contributed by atoms with van der Waals surface area (Å²) in [5.74, 6) is 2.46. The molecule has 22 heavy (non-hydrogen) atoms. The van der Waals surface area contributed by atoms with Gasteiger partial charge in [0.05, 0.1) is 25.3 Å². The molecule has 1 aromatic carbocycles. The van der Waals surface area contributed by atoms with Crippen LogP contribution in [0.3, 0.4) is 0 Å². The van der Waals surface area contributed by atoms with Crippen LogP contribution < -0.4 is 10.5 Å². The van der Waals surface area contributed by atoms with Gasteiger partial charge in [-0.15, -0.1) is 6.42 Å². The number of ether oxygens (including phenoxy) is 2. The minimum absolute atomic E-state index is 0.110. The molecule has 0 amide bonds. The summed E-state index contributed by atoms with van der Waals surface area (Å²) in [7, 11) is 1.59. The number of hydrogen-bond acceptors (Lipinski definition) is 4. The maximum Gasteiger partial charge on any atom is 0.340 e. The maximum absolute atomic E-state index is 12.2. The number of hydrogen-bond donors (Lipinski definition) is 1. The van der Waals surface area contributed by atoms with Gasteiger partial charge in [0.1, 0.15) is 5.75 Å². The Hall–Kier alpha value is -2.45. The lowest BCUT2D eigenvalue weighted by atomic mass is 10.0. The zero-order chi connectivity index (χ0) is 16.3. The van der Waals surface area contributed by atoms with Gasteiger partial charge in [0, 0.05) is 11.6 Å². The number of carbonyl (C=O) groups excluding carboxylic acids is 1. The molecule has 1 atom stereocenters. The van der Waals surface area contributed by atoms with Crippen molar-refractivity contribution in [1.82, 2.24) is 4.57 Å². The highest BCUT2D eigenvalue weighted by molar-refractivity contribution is 5.88. The Morgan fingerprint density at radius 1 is 1.45 bits per heavy atom. The van der Waals surface area contributed by atoms with Gasteiger partial charge in [-0.3, -0.25) is 0 Å². The number of nitrogens with zero attached hydrogens (tertiary/aromatic N) is 1. The molecule has 0 radical (unpaired) electrons. The van der Waals surface area contributed by atoms with Crippen LogP contribution in [0.5, 0.6) is 5.75 Å². The monoisotopic (exact) mass is 300 g/mol. The fourth-order valence-electron chi connectivity index (χ4n) is 2.26. The Morgan fingerprint density at radius 2 is 2.14 bits per heavy atom. The Bertz CT molecular complexity index is 727. The largest absolute Gasteiger partial charge is 0.495 e. The second kappa shape index (κ2) is 6.12. The Morgan fingerprint density at radius 3 is 2.73 bits per heavy atom. The number of nitrogens with two attached hydrogens (primary N) is 1. The third-order valence-electron chi connectivity index (χ3n) is 3.36. The topological polar surface area (TPSA) is 66.5 Å². The Balaban J connectivity index is 2.40. The first-order valence-electron chi connectivity index (χ1n) is 7.01. The summed E-state index contributed by atoms with van der Waals surface area (Å²) in [6, 6.07) is 7.67. The van der Waals surface area contributed by atoms with Crippen molar-refractivity contribution in [2.45, 2.75) is 32.0 Å². The predicted octanol–water partition coefficient (Wildman–Crippen LogP) is 1.93. The molecule has 0 bridgehead atoms. The predicted molar refractivity (Wildman–Crippen MR) is 85.5 cm³/mol. The standard InChI is InChI=1S/C17H20N2O3/c1-5-17(18,16(20)22-12(2)3)11-19-10-15(21-4)13-8-6-7-9-14(13)19/h1,6-10,12H,11,18H2,2-4H3. The third kappa shape index (κ3) is 2.92. The number of para-hydroxylation sites is 1. The van der Waals surface area contributed by atoms with E-state index in [4.69, 9.17) is 21.6 Å². The Labute approximate surface area is 130 Å². The third-order valence-corrected chi connectivity index (χ3v) is 3.36. The summed E-state index contributed by atoms with van der Waals surface area (Å²) in [6.07, 6.45) is 7.00. The zero-order valence-electron chi connectivity index (χ0n) is 13.0. The molecule has 1 heterocycles. The number of aromatic nitrogens is 1. The molecule has 0 aliphatic carbocycles. The van der Waals surface area contributed by atoms with Crippen LogP contribution in [0.25, 0.3) is 10.9 Å². The van der Waals surface area contributed by atoms with Gasteiger partial charge < -0.3 is 19.8 Å². The molecule has 116 valence electrons. The highest BCUT2D eigenvalue weighted by Crippen LogP contribution is 2.28. The van der Waals surface area contributed by atoms with Gasteiger partial charge in [-0.05, 0) is 26.0 Å². The molecular formula is C17H20N2O3. The van der Waals surface area contributed by atoms with Crippen molar-refractivity contribution in [1.29, 1.82) is 0 Å². The van der Waals surface area contributed by atoms with Gasteiger partial charge in [-0.25, -0.2) is 4.79 Å². The van der Waals surface area contributed by atoms with Crippen LogP contribution >= 0.6 is 0 Å². The lowest BCUT2D eigenvalue weighted by Crippen LogP contribution is -2.51. The van der Waals surface area contributed by atoms with E-state index in [-0.39, 0.29) is 12.6 Å². The summed E-state index contributed by atoms with van der Waals surface area (Å²) in [5, 5.41) is 0.932. The van der Waals surface area contributed by atoms with Crippen molar-refractivity contribution in [3.05, 3.63) is 30.5 Å². The molecule has 2 N–H and O–H groups in total. The lowest BCUT2D eigenvalue weighted by Gasteiger charge is -2.23. The summed E-state index contributed by atoms with van der Waals surface area (Å²) in [6.45, 7) is 3.62. The average molecular weight is 300 g/mol. The van der Waals surface area contributed by atoms with Gasteiger partial charge in [0.25, 0.3) is 0 Å². The first-order chi connectivity index (χ1) is 10.4. The summed E-state index contributed by atoms with van der Waals surface area (Å²) < 4.78 is 12.3. The lowest BCUT2D eigenvalue weighted by molar-refractivity contribution is -0.152. The van der Waals surface area contributed by atoms with Crippen LogP contribution in [-0.4, -0.2) is 29.3 Å². The number of benzene rings is 1. The molecule has 0 spiro atoms. The molecule has 2 aromatic rings. The van der Waals surface area contributed by atoms with E-state index >= 15 is 0 Å². The fraction of sp³-hybridized carbons (Fsp3) is 0.353. The highest BCUT2D eigenvalue weighted by atomic mass is 16.5. The minimum atomic E-state index is -1.53. The molecule has 1 aromatic heterocycles. The van der Waals surface area contributed by atoms with E-state index in [0.717, 1.165) is 10.9 Å². The molecule has 1 unspecified atom stereocenters. The summed E-state index contributed by atoms with van der Waals surface area (Å²) in [5.41, 5.74) is 5.45. The smallest absolute Gasteiger partial charge is 0.340 e. The molecule has 5 heteroatoms.